The Morgan fingerprint density at radius 3 is 2.42 bits per heavy atom. The van der Waals surface area contributed by atoms with Gasteiger partial charge in [0.05, 0.1) is 0 Å². The van der Waals surface area contributed by atoms with E-state index in [9.17, 15) is 14.4 Å². The Balaban J connectivity index is 1.30. The molecule has 31 heavy (non-hydrogen) atoms. The number of carbonyl (C=O) groups excluding carboxylic acids is 3. The molecule has 0 aromatic carbocycles. The van der Waals surface area contributed by atoms with Crippen LogP contribution in [0.25, 0.3) is 0 Å². The molecular formula is C23H33NO7. The van der Waals surface area contributed by atoms with E-state index in [0.29, 0.717) is 12.3 Å². The molecule has 1 heterocycles. The van der Waals surface area contributed by atoms with E-state index in [1.165, 1.54) is 13.8 Å². The first-order valence-corrected chi connectivity index (χ1v) is 11.8. The van der Waals surface area contributed by atoms with Crippen LogP contribution in [0.15, 0.2) is 0 Å². The molecule has 6 fully saturated rings. The SMILES string of the molecule is CC(=O)CCC(=O)NC12CC3CC(C1)C1(OO[C@@]4(CCCC(OC(C)=O)C4)O1)C(C3)C2. The Morgan fingerprint density at radius 1 is 1.00 bits per heavy atom. The molecule has 3 unspecified atom stereocenters. The molecule has 0 aromatic rings. The van der Waals surface area contributed by atoms with Crippen LogP contribution in [0.5, 0.6) is 0 Å². The van der Waals surface area contributed by atoms with Gasteiger partial charge in [0.15, 0.2) is 0 Å². The summed E-state index contributed by atoms with van der Waals surface area (Å²) in [6.45, 7) is 2.95. The molecule has 0 radical (unpaired) electrons. The van der Waals surface area contributed by atoms with Crippen LogP contribution in [0, 0.1) is 17.8 Å². The summed E-state index contributed by atoms with van der Waals surface area (Å²) >= 11 is 0. The summed E-state index contributed by atoms with van der Waals surface area (Å²) in [6, 6.07) is 0. The minimum Gasteiger partial charge on any atom is -0.462 e. The van der Waals surface area contributed by atoms with Crippen molar-refractivity contribution in [2.75, 3.05) is 0 Å². The second kappa shape index (κ2) is 7.52. The fourth-order valence-corrected chi connectivity index (χ4v) is 7.15. The van der Waals surface area contributed by atoms with Gasteiger partial charge >= 0.3 is 5.97 Å². The van der Waals surface area contributed by atoms with Crippen molar-refractivity contribution in [1.29, 1.82) is 0 Å². The summed E-state index contributed by atoms with van der Waals surface area (Å²) in [6.07, 6.45) is 7.81. The lowest BCUT2D eigenvalue weighted by atomic mass is 9.50. The number of ketones is 1. The van der Waals surface area contributed by atoms with Crippen molar-refractivity contribution in [2.24, 2.45) is 17.8 Å². The zero-order chi connectivity index (χ0) is 21.9. The van der Waals surface area contributed by atoms with E-state index in [1.807, 2.05) is 0 Å². The molecule has 0 aromatic heterocycles. The lowest BCUT2D eigenvalue weighted by Crippen LogP contribution is -2.69. The molecule has 4 bridgehead atoms. The van der Waals surface area contributed by atoms with Crippen LogP contribution >= 0.6 is 0 Å². The molecule has 1 N–H and O–H groups in total. The highest BCUT2D eigenvalue weighted by molar-refractivity contribution is 5.84. The Bertz CT molecular complexity index is 766. The largest absolute Gasteiger partial charge is 0.462 e. The standard InChI is InChI=1S/C23H33NO7/c1-14(25)5-6-20(27)24-21-10-16-8-17(11-21)23(18(9-16)12-21)29-22(30-31-23)7-3-4-19(13-22)28-15(2)26/h16-19H,3-13H2,1-2H3,(H,24,27)/t16?,17?,18?,19?,21?,22-,23?/m1/s1. The molecule has 5 aliphatic carbocycles. The van der Waals surface area contributed by atoms with Gasteiger partial charge in [0.2, 0.25) is 17.5 Å². The summed E-state index contributed by atoms with van der Waals surface area (Å²) in [5.74, 6) is -1.07. The van der Waals surface area contributed by atoms with E-state index in [4.69, 9.17) is 19.2 Å². The van der Waals surface area contributed by atoms with Gasteiger partial charge in [-0.3, -0.25) is 9.59 Å². The Labute approximate surface area is 182 Å². The first kappa shape index (κ1) is 21.3. The summed E-state index contributed by atoms with van der Waals surface area (Å²) in [5, 5.41) is 3.29. The normalized spacial score (nSPS) is 45.2. The highest BCUT2D eigenvalue weighted by Gasteiger charge is 2.70. The molecule has 1 saturated heterocycles. The molecule has 4 atom stereocenters. The lowest BCUT2D eigenvalue weighted by Gasteiger charge is -2.62. The number of esters is 1. The maximum Gasteiger partial charge on any atom is 0.302 e. The zero-order valence-corrected chi connectivity index (χ0v) is 18.4. The van der Waals surface area contributed by atoms with Gasteiger partial charge in [-0.1, -0.05) is 0 Å². The average Bonchev–Trinajstić information content (AvgIpc) is 3.03. The van der Waals surface area contributed by atoms with Crippen molar-refractivity contribution < 1.29 is 33.6 Å². The van der Waals surface area contributed by atoms with Crippen LogP contribution in [0.4, 0.5) is 0 Å². The number of rotatable bonds is 5. The van der Waals surface area contributed by atoms with E-state index in [-0.39, 0.29) is 54.0 Å². The molecule has 8 nitrogen and oxygen atoms in total. The molecule has 1 aliphatic heterocycles. The van der Waals surface area contributed by atoms with Crippen LogP contribution in [0.3, 0.4) is 0 Å². The van der Waals surface area contributed by atoms with Gasteiger partial charge in [-0.2, -0.15) is 9.78 Å². The topological polar surface area (TPSA) is 100 Å². The summed E-state index contributed by atoms with van der Waals surface area (Å²) in [5.41, 5.74) is -0.231. The molecule has 8 heteroatoms. The summed E-state index contributed by atoms with van der Waals surface area (Å²) in [4.78, 5) is 47.2. The van der Waals surface area contributed by atoms with E-state index in [1.54, 1.807) is 0 Å². The summed E-state index contributed by atoms with van der Waals surface area (Å²) in [7, 11) is 0. The molecule has 6 aliphatic rings. The van der Waals surface area contributed by atoms with Gasteiger partial charge in [-0.25, -0.2) is 0 Å². The van der Waals surface area contributed by atoms with Crippen molar-refractivity contribution in [1.82, 2.24) is 5.32 Å². The van der Waals surface area contributed by atoms with Crippen molar-refractivity contribution in [2.45, 2.75) is 108 Å². The number of ether oxygens (including phenoxy) is 2. The molecule has 172 valence electrons. The van der Waals surface area contributed by atoms with E-state index < -0.39 is 11.6 Å². The maximum absolute atomic E-state index is 12.5. The first-order valence-electron chi connectivity index (χ1n) is 11.8. The van der Waals surface area contributed by atoms with Crippen LogP contribution in [-0.2, 0) is 33.6 Å². The second-order valence-electron chi connectivity index (χ2n) is 10.6. The first-order chi connectivity index (χ1) is 14.7. The number of carbonyl (C=O) groups is 3. The molecule has 6 rings (SSSR count). The average molecular weight is 436 g/mol. The number of amides is 1. The third-order valence-corrected chi connectivity index (χ3v) is 8.06. The van der Waals surface area contributed by atoms with Crippen LogP contribution in [0.1, 0.15) is 84.5 Å². The van der Waals surface area contributed by atoms with Gasteiger partial charge in [-0.05, 0) is 57.8 Å². The van der Waals surface area contributed by atoms with E-state index in [2.05, 4.69) is 5.32 Å². The monoisotopic (exact) mass is 435 g/mol. The Morgan fingerprint density at radius 2 is 1.74 bits per heavy atom. The van der Waals surface area contributed by atoms with Crippen molar-refractivity contribution in [3.8, 4) is 0 Å². The van der Waals surface area contributed by atoms with Crippen LogP contribution in [-0.4, -0.2) is 40.9 Å². The highest BCUT2D eigenvalue weighted by Crippen LogP contribution is 2.65. The minimum atomic E-state index is -0.856. The van der Waals surface area contributed by atoms with Crippen LogP contribution in [0.2, 0.25) is 0 Å². The third-order valence-electron chi connectivity index (χ3n) is 8.06. The molecule has 1 amide bonds. The third kappa shape index (κ3) is 3.80. The van der Waals surface area contributed by atoms with Crippen molar-refractivity contribution >= 4 is 17.7 Å². The Hall–Kier alpha value is -1.51. The van der Waals surface area contributed by atoms with Gasteiger partial charge in [-0.15, -0.1) is 0 Å². The fraction of sp³-hybridized carbons (Fsp3) is 0.870. The number of Topliss-reactive ketones (excluding diaryl/α,β-unsaturated/α-hetero) is 1. The van der Waals surface area contributed by atoms with Gasteiger partial charge < -0.3 is 19.6 Å². The number of hydrogen-bond acceptors (Lipinski definition) is 7. The number of nitrogens with one attached hydrogen (secondary N) is 1. The zero-order valence-electron chi connectivity index (χ0n) is 18.4. The Kier molecular flexibility index (Phi) is 5.18. The van der Waals surface area contributed by atoms with Crippen molar-refractivity contribution in [3.05, 3.63) is 0 Å². The van der Waals surface area contributed by atoms with E-state index >= 15 is 0 Å². The predicted octanol–water partition coefficient (Wildman–Crippen LogP) is 2.93. The van der Waals surface area contributed by atoms with E-state index in [0.717, 1.165) is 51.4 Å². The lowest BCUT2D eigenvalue weighted by molar-refractivity contribution is -0.392. The summed E-state index contributed by atoms with van der Waals surface area (Å²) < 4.78 is 12.1. The van der Waals surface area contributed by atoms with Crippen LogP contribution < -0.4 is 5.32 Å². The van der Waals surface area contributed by atoms with Gasteiger partial charge in [0.25, 0.3) is 0 Å². The van der Waals surface area contributed by atoms with Gasteiger partial charge in [0, 0.05) is 50.0 Å². The van der Waals surface area contributed by atoms with Crippen molar-refractivity contribution in [3.63, 3.8) is 0 Å². The fourth-order valence-electron chi connectivity index (χ4n) is 7.15. The van der Waals surface area contributed by atoms with Gasteiger partial charge in [0.1, 0.15) is 11.9 Å². The molecule has 2 spiro atoms. The maximum atomic E-state index is 12.5. The molecular weight excluding hydrogens is 402 g/mol. The number of hydrogen-bond donors (Lipinski definition) is 1. The highest BCUT2D eigenvalue weighted by atomic mass is 17.3. The predicted molar refractivity (Wildman–Crippen MR) is 107 cm³/mol. The molecule has 5 saturated carbocycles. The quantitative estimate of drug-likeness (QED) is 0.523. The second-order valence-corrected chi connectivity index (χ2v) is 10.6. The minimum absolute atomic E-state index is 0.0364. The smallest absolute Gasteiger partial charge is 0.302 e.